The van der Waals surface area contributed by atoms with Gasteiger partial charge in [-0.2, -0.15) is 11.8 Å². The molecule has 2 heterocycles. The third-order valence-electron chi connectivity index (χ3n) is 3.46. The number of fused-ring (bicyclic) bond motifs is 1. The second-order valence-electron chi connectivity index (χ2n) is 4.85. The van der Waals surface area contributed by atoms with Crippen LogP contribution in [0.1, 0.15) is 18.4 Å². The summed E-state index contributed by atoms with van der Waals surface area (Å²) in [5.41, 5.74) is 1.37. The summed E-state index contributed by atoms with van der Waals surface area (Å²) in [5.74, 6) is 2.60. The zero-order valence-corrected chi connectivity index (χ0v) is 11.2. The van der Waals surface area contributed by atoms with E-state index in [0.29, 0.717) is 6.04 Å². The molecule has 1 aliphatic rings. The molecule has 2 nitrogen and oxygen atoms in total. The molecule has 0 saturated carbocycles. The Labute approximate surface area is 112 Å². The number of aromatic nitrogens is 1. The molecule has 0 amide bonds. The summed E-state index contributed by atoms with van der Waals surface area (Å²) >= 11 is 2.07. The molecule has 0 spiro atoms. The molecule has 1 saturated heterocycles. The Morgan fingerprint density at radius 2 is 2.28 bits per heavy atom. The van der Waals surface area contributed by atoms with E-state index in [1.165, 1.54) is 40.7 Å². The second kappa shape index (κ2) is 5.72. The van der Waals surface area contributed by atoms with Gasteiger partial charge in [0.2, 0.25) is 0 Å². The topological polar surface area (TPSA) is 24.9 Å². The van der Waals surface area contributed by atoms with Crippen molar-refractivity contribution in [3.05, 3.63) is 42.2 Å². The quantitative estimate of drug-likeness (QED) is 0.915. The van der Waals surface area contributed by atoms with Crippen molar-refractivity contribution in [2.24, 2.45) is 0 Å². The lowest BCUT2D eigenvalue weighted by molar-refractivity contribution is 0.508. The Bertz CT molecular complexity index is 521. The molecule has 1 aromatic carbocycles. The van der Waals surface area contributed by atoms with Gasteiger partial charge >= 0.3 is 0 Å². The Balaban J connectivity index is 1.66. The maximum Gasteiger partial charge on any atom is 0.0346 e. The van der Waals surface area contributed by atoms with Gasteiger partial charge in [-0.25, -0.2) is 0 Å². The zero-order chi connectivity index (χ0) is 12.2. The first-order valence-electron chi connectivity index (χ1n) is 6.55. The van der Waals surface area contributed by atoms with Crippen LogP contribution in [0.15, 0.2) is 36.7 Å². The van der Waals surface area contributed by atoms with Crippen LogP contribution in [0, 0.1) is 0 Å². The van der Waals surface area contributed by atoms with Gasteiger partial charge in [-0.3, -0.25) is 4.98 Å². The predicted octanol–water partition coefficient (Wildman–Crippen LogP) is 3.22. The average Bonchev–Trinajstić information content (AvgIpc) is 2.46. The molecule has 1 unspecified atom stereocenters. The second-order valence-corrected chi connectivity index (χ2v) is 6.00. The number of pyridine rings is 1. The van der Waals surface area contributed by atoms with Crippen LogP contribution in [0.2, 0.25) is 0 Å². The molecule has 1 aliphatic heterocycles. The molecular formula is C15H18N2S. The summed E-state index contributed by atoms with van der Waals surface area (Å²) in [5, 5.41) is 6.16. The molecule has 3 rings (SSSR count). The highest BCUT2D eigenvalue weighted by atomic mass is 32.2. The largest absolute Gasteiger partial charge is 0.309 e. The summed E-state index contributed by atoms with van der Waals surface area (Å²) in [7, 11) is 0. The van der Waals surface area contributed by atoms with E-state index in [-0.39, 0.29) is 0 Å². The van der Waals surface area contributed by atoms with E-state index >= 15 is 0 Å². The minimum atomic E-state index is 0.692. The lowest BCUT2D eigenvalue weighted by Gasteiger charge is -2.22. The van der Waals surface area contributed by atoms with Gasteiger partial charge < -0.3 is 5.32 Å². The van der Waals surface area contributed by atoms with E-state index in [9.17, 15) is 0 Å². The van der Waals surface area contributed by atoms with Gasteiger partial charge in [-0.1, -0.05) is 12.1 Å². The highest BCUT2D eigenvalue weighted by Gasteiger charge is 2.12. The Hall–Kier alpha value is -1.06. The molecule has 1 fully saturated rings. The van der Waals surface area contributed by atoms with Crippen molar-refractivity contribution < 1.29 is 0 Å². The summed E-state index contributed by atoms with van der Waals surface area (Å²) in [4.78, 5) is 4.14. The molecule has 0 radical (unpaired) electrons. The van der Waals surface area contributed by atoms with Gasteiger partial charge in [-0.05, 0) is 41.7 Å². The first-order chi connectivity index (χ1) is 8.92. The minimum Gasteiger partial charge on any atom is -0.309 e. The number of thioether (sulfide) groups is 1. The molecule has 94 valence electrons. The van der Waals surface area contributed by atoms with Crippen molar-refractivity contribution in [1.82, 2.24) is 10.3 Å². The summed E-state index contributed by atoms with van der Waals surface area (Å²) in [6, 6.07) is 9.40. The van der Waals surface area contributed by atoms with Crippen LogP contribution in [0.3, 0.4) is 0 Å². The van der Waals surface area contributed by atoms with Gasteiger partial charge in [0.25, 0.3) is 0 Å². The zero-order valence-electron chi connectivity index (χ0n) is 10.4. The van der Waals surface area contributed by atoms with Crippen LogP contribution < -0.4 is 5.32 Å². The summed E-state index contributed by atoms with van der Waals surface area (Å²) in [6.45, 7) is 0.976. The van der Waals surface area contributed by atoms with E-state index in [4.69, 9.17) is 0 Å². The molecule has 1 N–H and O–H groups in total. The van der Waals surface area contributed by atoms with Gasteiger partial charge in [-0.15, -0.1) is 0 Å². The van der Waals surface area contributed by atoms with E-state index in [0.717, 1.165) is 6.54 Å². The van der Waals surface area contributed by atoms with Crippen molar-refractivity contribution in [3.8, 4) is 0 Å². The Kier molecular flexibility index (Phi) is 3.81. The summed E-state index contributed by atoms with van der Waals surface area (Å²) in [6.07, 6.45) is 6.46. The van der Waals surface area contributed by atoms with Gasteiger partial charge in [0.05, 0.1) is 0 Å². The standard InChI is InChI=1S/C15H18N2S/c1-2-15(11-18-7-1)17-9-12-3-4-14-10-16-6-5-13(14)8-12/h3-6,8,10,15,17H,1-2,7,9,11H2. The smallest absolute Gasteiger partial charge is 0.0346 e. The fourth-order valence-electron chi connectivity index (χ4n) is 2.41. The Morgan fingerprint density at radius 1 is 1.28 bits per heavy atom. The van der Waals surface area contributed by atoms with E-state index in [1.807, 2.05) is 12.4 Å². The molecule has 1 atom stereocenters. The number of nitrogens with one attached hydrogen (secondary N) is 1. The van der Waals surface area contributed by atoms with Crippen molar-refractivity contribution >= 4 is 22.5 Å². The molecule has 0 bridgehead atoms. The van der Waals surface area contributed by atoms with Crippen LogP contribution in [-0.4, -0.2) is 22.5 Å². The van der Waals surface area contributed by atoms with Crippen LogP contribution >= 0.6 is 11.8 Å². The van der Waals surface area contributed by atoms with E-state index in [1.54, 1.807) is 0 Å². The lowest BCUT2D eigenvalue weighted by atomic mass is 10.1. The number of benzene rings is 1. The van der Waals surface area contributed by atoms with Crippen molar-refractivity contribution in [2.45, 2.75) is 25.4 Å². The summed E-state index contributed by atoms with van der Waals surface area (Å²) < 4.78 is 0. The molecular weight excluding hydrogens is 240 g/mol. The van der Waals surface area contributed by atoms with Crippen LogP contribution in [0.4, 0.5) is 0 Å². The monoisotopic (exact) mass is 258 g/mol. The average molecular weight is 258 g/mol. The third-order valence-corrected chi connectivity index (χ3v) is 4.68. The first kappa shape index (κ1) is 12.0. The fourth-order valence-corrected chi connectivity index (χ4v) is 3.51. The van der Waals surface area contributed by atoms with Crippen LogP contribution in [-0.2, 0) is 6.54 Å². The fraction of sp³-hybridized carbons (Fsp3) is 0.400. The predicted molar refractivity (Wildman–Crippen MR) is 78.9 cm³/mol. The van der Waals surface area contributed by atoms with E-state index in [2.05, 4.69) is 46.3 Å². The SMILES string of the molecule is c1cc2cc(CNC3CCCSC3)ccc2cn1. The Morgan fingerprint density at radius 3 is 3.17 bits per heavy atom. The molecule has 3 heteroatoms. The van der Waals surface area contributed by atoms with Crippen LogP contribution in [0.5, 0.6) is 0 Å². The molecule has 0 aliphatic carbocycles. The van der Waals surface area contributed by atoms with Crippen molar-refractivity contribution in [1.29, 1.82) is 0 Å². The van der Waals surface area contributed by atoms with Gasteiger partial charge in [0.15, 0.2) is 0 Å². The number of hydrogen-bond acceptors (Lipinski definition) is 3. The maximum absolute atomic E-state index is 4.14. The highest BCUT2D eigenvalue weighted by Crippen LogP contribution is 2.18. The number of nitrogens with zero attached hydrogens (tertiary/aromatic N) is 1. The van der Waals surface area contributed by atoms with Gasteiger partial charge in [0, 0.05) is 36.1 Å². The van der Waals surface area contributed by atoms with Crippen LogP contribution in [0.25, 0.3) is 10.8 Å². The molecule has 1 aromatic heterocycles. The highest BCUT2D eigenvalue weighted by molar-refractivity contribution is 7.99. The number of rotatable bonds is 3. The lowest BCUT2D eigenvalue weighted by Crippen LogP contribution is -2.33. The van der Waals surface area contributed by atoms with Crippen molar-refractivity contribution in [2.75, 3.05) is 11.5 Å². The van der Waals surface area contributed by atoms with E-state index < -0.39 is 0 Å². The maximum atomic E-state index is 4.14. The first-order valence-corrected chi connectivity index (χ1v) is 7.71. The normalized spacial score (nSPS) is 20.1. The van der Waals surface area contributed by atoms with Crippen molar-refractivity contribution in [3.63, 3.8) is 0 Å². The number of hydrogen-bond donors (Lipinski definition) is 1. The minimum absolute atomic E-state index is 0.692. The van der Waals surface area contributed by atoms with Gasteiger partial charge in [0.1, 0.15) is 0 Å². The molecule has 18 heavy (non-hydrogen) atoms. The third kappa shape index (κ3) is 2.85. The molecule has 2 aromatic rings.